The van der Waals surface area contributed by atoms with E-state index in [1.165, 1.54) is 4.90 Å². The molecule has 2 heterocycles. The fourth-order valence-corrected chi connectivity index (χ4v) is 2.28. The van der Waals surface area contributed by atoms with Crippen LogP contribution in [0.1, 0.15) is 11.4 Å². The molecular formula is C12H18N4O3. The minimum Gasteiger partial charge on any atom is -0.480 e. The van der Waals surface area contributed by atoms with Crippen molar-refractivity contribution in [2.45, 2.75) is 26.4 Å². The summed E-state index contributed by atoms with van der Waals surface area (Å²) in [7, 11) is 0. The topological polar surface area (TPSA) is 87.5 Å². The number of carbonyl (C=O) groups excluding carboxylic acids is 1. The summed E-state index contributed by atoms with van der Waals surface area (Å²) < 4.78 is 1.61. The zero-order valence-corrected chi connectivity index (χ0v) is 11.1. The number of hydrogen-bond donors (Lipinski definition) is 2. The largest absolute Gasteiger partial charge is 0.480 e. The molecule has 1 saturated heterocycles. The highest BCUT2D eigenvalue weighted by Crippen LogP contribution is 2.07. The summed E-state index contributed by atoms with van der Waals surface area (Å²) in [5.74, 6) is -1.19. The molecule has 0 saturated carbocycles. The number of carboxylic acids is 1. The van der Waals surface area contributed by atoms with Gasteiger partial charge in [0.1, 0.15) is 12.6 Å². The SMILES string of the molecule is Cc1cc(C)n(CC(=O)N2CCNCC2C(=O)O)n1. The first-order chi connectivity index (χ1) is 8.99. The van der Waals surface area contributed by atoms with Crippen molar-refractivity contribution in [1.82, 2.24) is 20.0 Å². The molecule has 104 valence electrons. The summed E-state index contributed by atoms with van der Waals surface area (Å²) in [6.07, 6.45) is 0. The van der Waals surface area contributed by atoms with E-state index in [2.05, 4.69) is 10.4 Å². The number of hydrogen-bond acceptors (Lipinski definition) is 4. The first-order valence-electron chi connectivity index (χ1n) is 6.23. The van der Waals surface area contributed by atoms with Gasteiger partial charge >= 0.3 is 5.97 Å². The van der Waals surface area contributed by atoms with Crippen LogP contribution in [0.3, 0.4) is 0 Å². The zero-order chi connectivity index (χ0) is 14.0. The quantitative estimate of drug-likeness (QED) is 0.761. The van der Waals surface area contributed by atoms with Crippen LogP contribution in [-0.4, -0.2) is 57.3 Å². The molecule has 2 N–H and O–H groups in total. The lowest BCUT2D eigenvalue weighted by atomic mass is 10.2. The molecule has 19 heavy (non-hydrogen) atoms. The molecule has 1 atom stereocenters. The molecule has 0 bridgehead atoms. The molecule has 0 spiro atoms. The van der Waals surface area contributed by atoms with Crippen LogP contribution in [0.15, 0.2) is 6.07 Å². The van der Waals surface area contributed by atoms with Crippen LogP contribution < -0.4 is 5.32 Å². The van der Waals surface area contributed by atoms with Crippen molar-refractivity contribution >= 4 is 11.9 Å². The van der Waals surface area contributed by atoms with Crippen molar-refractivity contribution in [3.8, 4) is 0 Å². The molecule has 0 radical (unpaired) electrons. The van der Waals surface area contributed by atoms with E-state index in [1.54, 1.807) is 4.68 Å². The van der Waals surface area contributed by atoms with Crippen LogP contribution in [0.5, 0.6) is 0 Å². The van der Waals surface area contributed by atoms with E-state index in [0.717, 1.165) is 11.4 Å². The lowest BCUT2D eigenvalue weighted by Crippen LogP contribution is -2.57. The Morgan fingerprint density at radius 1 is 1.53 bits per heavy atom. The van der Waals surface area contributed by atoms with Crippen LogP contribution in [0.25, 0.3) is 0 Å². The van der Waals surface area contributed by atoms with Gasteiger partial charge in [0.05, 0.1) is 5.69 Å². The number of piperazine rings is 1. The van der Waals surface area contributed by atoms with Crippen molar-refractivity contribution in [2.75, 3.05) is 19.6 Å². The highest BCUT2D eigenvalue weighted by molar-refractivity contribution is 5.84. The number of aryl methyl sites for hydroxylation is 2. The van der Waals surface area contributed by atoms with E-state index in [1.807, 2.05) is 19.9 Å². The van der Waals surface area contributed by atoms with Crippen molar-refractivity contribution < 1.29 is 14.7 Å². The number of nitrogens with one attached hydrogen (secondary N) is 1. The van der Waals surface area contributed by atoms with Crippen LogP contribution in [0.4, 0.5) is 0 Å². The number of aromatic nitrogens is 2. The van der Waals surface area contributed by atoms with Crippen molar-refractivity contribution in [1.29, 1.82) is 0 Å². The molecule has 0 aliphatic carbocycles. The summed E-state index contributed by atoms with van der Waals surface area (Å²) in [6, 6.07) is 1.10. The Morgan fingerprint density at radius 3 is 2.84 bits per heavy atom. The van der Waals surface area contributed by atoms with Gasteiger partial charge in [-0.1, -0.05) is 0 Å². The molecule has 1 fully saturated rings. The van der Waals surface area contributed by atoms with E-state index in [4.69, 9.17) is 5.11 Å². The molecule has 7 nitrogen and oxygen atoms in total. The molecule has 1 aromatic rings. The van der Waals surface area contributed by atoms with Gasteiger partial charge in [0.2, 0.25) is 5.91 Å². The molecule has 1 aliphatic rings. The molecule has 0 aromatic carbocycles. The number of amides is 1. The van der Waals surface area contributed by atoms with Gasteiger partial charge in [0.15, 0.2) is 0 Å². The minimum absolute atomic E-state index is 0.0868. The predicted octanol–water partition coefficient (Wildman–Crippen LogP) is -0.615. The first kappa shape index (κ1) is 13.5. The molecule has 1 aromatic heterocycles. The second-order valence-electron chi connectivity index (χ2n) is 4.73. The van der Waals surface area contributed by atoms with Gasteiger partial charge in [-0.2, -0.15) is 5.10 Å². The second kappa shape index (κ2) is 5.40. The third kappa shape index (κ3) is 2.93. The maximum atomic E-state index is 12.2. The van der Waals surface area contributed by atoms with Gasteiger partial charge in [-0.15, -0.1) is 0 Å². The third-order valence-corrected chi connectivity index (χ3v) is 3.24. The standard InChI is InChI=1S/C12H18N4O3/c1-8-5-9(2)16(14-8)7-11(17)15-4-3-13-6-10(15)12(18)19/h5,10,13H,3-4,6-7H2,1-2H3,(H,18,19). The second-order valence-corrected chi connectivity index (χ2v) is 4.73. The van der Waals surface area contributed by atoms with Crippen LogP contribution in [0, 0.1) is 13.8 Å². The van der Waals surface area contributed by atoms with Gasteiger partial charge in [0.25, 0.3) is 0 Å². The molecule has 7 heteroatoms. The molecular weight excluding hydrogens is 248 g/mol. The number of carbonyl (C=O) groups is 2. The van der Waals surface area contributed by atoms with Crippen molar-refractivity contribution in [3.05, 3.63) is 17.5 Å². The molecule has 1 amide bonds. The van der Waals surface area contributed by atoms with Gasteiger partial charge in [0, 0.05) is 25.3 Å². The van der Waals surface area contributed by atoms with Crippen LogP contribution >= 0.6 is 0 Å². The average Bonchev–Trinajstić information content (AvgIpc) is 2.67. The van der Waals surface area contributed by atoms with E-state index in [9.17, 15) is 9.59 Å². The Kier molecular flexibility index (Phi) is 3.84. The summed E-state index contributed by atoms with van der Waals surface area (Å²) in [4.78, 5) is 24.8. The van der Waals surface area contributed by atoms with Crippen LogP contribution in [0.2, 0.25) is 0 Å². The van der Waals surface area contributed by atoms with Gasteiger partial charge in [-0.25, -0.2) is 4.79 Å². The number of rotatable bonds is 3. The summed E-state index contributed by atoms with van der Waals surface area (Å²) in [5.41, 5.74) is 1.74. The van der Waals surface area contributed by atoms with E-state index < -0.39 is 12.0 Å². The Morgan fingerprint density at radius 2 is 2.26 bits per heavy atom. The third-order valence-electron chi connectivity index (χ3n) is 3.24. The number of carboxylic acid groups (broad SMARTS) is 1. The van der Waals surface area contributed by atoms with Crippen molar-refractivity contribution in [2.24, 2.45) is 0 Å². The lowest BCUT2D eigenvalue weighted by Gasteiger charge is -2.33. The zero-order valence-electron chi connectivity index (χ0n) is 11.1. The number of nitrogens with zero attached hydrogens (tertiary/aromatic N) is 3. The summed E-state index contributed by atoms with van der Waals surface area (Å²) in [6.45, 7) is 5.14. The van der Waals surface area contributed by atoms with Gasteiger partial charge < -0.3 is 15.3 Å². The smallest absolute Gasteiger partial charge is 0.327 e. The molecule has 1 unspecified atom stereocenters. The highest BCUT2D eigenvalue weighted by atomic mass is 16.4. The first-order valence-corrected chi connectivity index (χ1v) is 6.23. The number of aliphatic carboxylic acids is 1. The Bertz CT molecular complexity index is 497. The fraction of sp³-hybridized carbons (Fsp3) is 0.583. The average molecular weight is 266 g/mol. The molecule has 2 rings (SSSR count). The minimum atomic E-state index is -0.978. The van der Waals surface area contributed by atoms with Crippen LogP contribution in [-0.2, 0) is 16.1 Å². The monoisotopic (exact) mass is 266 g/mol. The van der Waals surface area contributed by atoms with Gasteiger partial charge in [-0.05, 0) is 19.9 Å². The summed E-state index contributed by atoms with van der Waals surface area (Å²) in [5, 5.41) is 16.3. The molecule has 1 aliphatic heterocycles. The van der Waals surface area contributed by atoms with Crippen molar-refractivity contribution in [3.63, 3.8) is 0 Å². The predicted molar refractivity (Wildman–Crippen MR) is 67.7 cm³/mol. The van der Waals surface area contributed by atoms with E-state index in [0.29, 0.717) is 13.1 Å². The van der Waals surface area contributed by atoms with E-state index >= 15 is 0 Å². The Hall–Kier alpha value is -1.89. The Labute approximate surface area is 111 Å². The van der Waals surface area contributed by atoms with Gasteiger partial charge in [-0.3, -0.25) is 9.48 Å². The maximum Gasteiger partial charge on any atom is 0.327 e. The normalized spacial score (nSPS) is 19.5. The maximum absolute atomic E-state index is 12.2. The van der Waals surface area contributed by atoms with E-state index in [-0.39, 0.29) is 19.0 Å². The Balaban J connectivity index is 2.09. The lowest BCUT2D eigenvalue weighted by molar-refractivity contribution is -0.151. The highest BCUT2D eigenvalue weighted by Gasteiger charge is 2.31. The summed E-state index contributed by atoms with van der Waals surface area (Å²) >= 11 is 0. The fourth-order valence-electron chi connectivity index (χ4n) is 2.28.